The normalized spacial score (nSPS) is 14.1. The fraction of sp³-hybridized carbons (Fsp3) is 0.182. The Morgan fingerprint density at radius 3 is 2.64 bits per heavy atom. The topological polar surface area (TPSA) is 153 Å². The standard InChI is InChI=1S/C22H18ClN9O/c1-31(18-13(10-24)17(25)29-21(26)30-18)22(7-8-22)20-28-15-6-2-5-14(23)16(15)19(33)32(20)12-4-3-9-27-11-12/h2-6,9,11H,7-8H2,1H3,(H4,25,26,29,30). The van der Waals surface area contributed by atoms with Crippen LogP contribution in [0.5, 0.6) is 0 Å². The van der Waals surface area contributed by atoms with Crippen LogP contribution < -0.4 is 21.9 Å². The van der Waals surface area contributed by atoms with Crippen LogP contribution in [0.3, 0.4) is 0 Å². The van der Waals surface area contributed by atoms with Gasteiger partial charge in [0.25, 0.3) is 5.56 Å². The first-order valence-electron chi connectivity index (χ1n) is 10.1. The van der Waals surface area contributed by atoms with Gasteiger partial charge in [-0.15, -0.1) is 0 Å². The molecule has 4 aromatic rings. The molecule has 0 amide bonds. The first kappa shape index (κ1) is 20.7. The van der Waals surface area contributed by atoms with Crippen molar-refractivity contribution in [3.05, 3.63) is 69.5 Å². The minimum Gasteiger partial charge on any atom is -0.382 e. The predicted molar refractivity (Wildman–Crippen MR) is 125 cm³/mol. The molecule has 10 nitrogen and oxygen atoms in total. The number of pyridine rings is 1. The highest BCUT2D eigenvalue weighted by Crippen LogP contribution is 2.52. The number of anilines is 3. The summed E-state index contributed by atoms with van der Waals surface area (Å²) in [6.45, 7) is 0. The summed E-state index contributed by atoms with van der Waals surface area (Å²) in [5, 5.41) is 10.3. The quantitative estimate of drug-likeness (QED) is 0.468. The van der Waals surface area contributed by atoms with Crippen LogP contribution in [0.4, 0.5) is 17.6 Å². The van der Waals surface area contributed by atoms with Crippen molar-refractivity contribution in [2.75, 3.05) is 23.4 Å². The van der Waals surface area contributed by atoms with Gasteiger partial charge < -0.3 is 16.4 Å². The van der Waals surface area contributed by atoms with E-state index >= 15 is 0 Å². The first-order valence-corrected chi connectivity index (χ1v) is 10.4. The van der Waals surface area contributed by atoms with Crippen molar-refractivity contribution in [1.29, 1.82) is 5.26 Å². The summed E-state index contributed by atoms with van der Waals surface area (Å²) in [7, 11) is 1.77. The number of nitrogens with two attached hydrogens (primary N) is 2. The molecule has 1 saturated carbocycles. The van der Waals surface area contributed by atoms with E-state index < -0.39 is 5.54 Å². The highest BCUT2D eigenvalue weighted by molar-refractivity contribution is 6.35. The van der Waals surface area contributed by atoms with Crippen LogP contribution >= 0.6 is 11.6 Å². The zero-order chi connectivity index (χ0) is 23.3. The van der Waals surface area contributed by atoms with E-state index in [9.17, 15) is 10.1 Å². The molecule has 1 fully saturated rings. The van der Waals surface area contributed by atoms with E-state index in [2.05, 4.69) is 21.0 Å². The summed E-state index contributed by atoms with van der Waals surface area (Å²) >= 11 is 6.38. The summed E-state index contributed by atoms with van der Waals surface area (Å²) in [5.74, 6) is 0.702. The van der Waals surface area contributed by atoms with Crippen LogP contribution in [0.2, 0.25) is 5.02 Å². The van der Waals surface area contributed by atoms with Crippen molar-refractivity contribution in [1.82, 2.24) is 24.5 Å². The number of aromatic nitrogens is 5. The molecule has 1 aromatic carbocycles. The average Bonchev–Trinajstić information content (AvgIpc) is 3.60. The summed E-state index contributed by atoms with van der Waals surface area (Å²) in [5.41, 5.74) is 11.9. The van der Waals surface area contributed by atoms with Crippen molar-refractivity contribution < 1.29 is 0 Å². The van der Waals surface area contributed by atoms with Gasteiger partial charge in [0, 0.05) is 13.2 Å². The van der Waals surface area contributed by atoms with E-state index in [0.29, 0.717) is 40.3 Å². The van der Waals surface area contributed by atoms with Gasteiger partial charge in [-0.25, -0.2) is 4.98 Å². The van der Waals surface area contributed by atoms with Gasteiger partial charge in [0.1, 0.15) is 28.8 Å². The number of nitrogen functional groups attached to an aromatic ring is 2. The molecule has 0 bridgehead atoms. The van der Waals surface area contributed by atoms with Gasteiger partial charge in [0.2, 0.25) is 5.95 Å². The largest absolute Gasteiger partial charge is 0.382 e. The third-order valence-corrected chi connectivity index (χ3v) is 6.21. The highest BCUT2D eigenvalue weighted by atomic mass is 35.5. The van der Waals surface area contributed by atoms with Crippen molar-refractivity contribution in [2.24, 2.45) is 0 Å². The number of hydrogen-bond donors (Lipinski definition) is 2. The molecule has 11 heteroatoms. The number of nitrogens with zero attached hydrogens (tertiary/aromatic N) is 7. The molecule has 0 radical (unpaired) electrons. The van der Waals surface area contributed by atoms with Crippen molar-refractivity contribution in [3.63, 3.8) is 0 Å². The molecule has 0 atom stereocenters. The molecule has 0 spiro atoms. The maximum absolute atomic E-state index is 13.7. The molecule has 3 heterocycles. The molecule has 3 aromatic heterocycles. The Labute approximate surface area is 193 Å². The monoisotopic (exact) mass is 459 g/mol. The minimum absolute atomic E-state index is 0.00875. The predicted octanol–water partition coefficient (Wildman–Crippen LogP) is 2.39. The second kappa shape index (κ2) is 7.43. The number of benzene rings is 1. The minimum atomic E-state index is -0.732. The zero-order valence-corrected chi connectivity index (χ0v) is 18.3. The Kier molecular flexibility index (Phi) is 4.65. The van der Waals surface area contributed by atoms with Gasteiger partial charge in [-0.2, -0.15) is 15.2 Å². The summed E-state index contributed by atoms with van der Waals surface area (Å²) < 4.78 is 1.52. The van der Waals surface area contributed by atoms with Crippen LogP contribution in [-0.2, 0) is 5.54 Å². The van der Waals surface area contributed by atoms with E-state index in [1.807, 2.05) is 0 Å². The van der Waals surface area contributed by atoms with Crippen LogP contribution in [0.15, 0.2) is 47.5 Å². The SMILES string of the molecule is CN(c1nc(N)nc(N)c1C#N)C1(c2nc3cccc(Cl)c3c(=O)n2-c2cccnc2)CC1. The molecular formula is C22H18ClN9O. The Bertz CT molecular complexity index is 1510. The summed E-state index contributed by atoms with van der Waals surface area (Å²) in [6.07, 6.45) is 4.54. The number of nitriles is 1. The van der Waals surface area contributed by atoms with Gasteiger partial charge >= 0.3 is 0 Å². The average molecular weight is 460 g/mol. The molecule has 0 saturated heterocycles. The zero-order valence-electron chi connectivity index (χ0n) is 17.5. The lowest BCUT2D eigenvalue weighted by atomic mass is 10.1. The Hall–Kier alpha value is -4.23. The molecule has 0 aliphatic heterocycles. The van der Waals surface area contributed by atoms with Gasteiger partial charge in [0.15, 0.2) is 5.82 Å². The Morgan fingerprint density at radius 2 is 1.97 bits per heavy atom. The maximum Gasteiger partial charge on any atom is 0.267 e. The second-order valence-electron chi connectivity index (χ2n) is 7.79. The fourth-order valence-electron chi connectivity index (χ4n) is 4.09. The number of rotatable bonds is 4. The second-order valence-corrected chi connectivity index (χ2v) is 8.20. The molecule has 0 unspecified atom stereocenters. The third-order valence-electron chi connectivity index (χ3n) is 5.90. The van der Waals surface area contributed by atoms with E-state index in [0.717, 1.165) is 0 Å². The fourth-order valence-corrected chi connectivity index (χ4v) is 4.34. The van der Waals surface area contributed by atoms with E-state index in [-0.39, 0.29) is 28.7 Å². The number of hydrogen-bond acceptors (Lipinski definition) is 9. The van der Waals surface area contributed by atoms with Gasteiger partial charge in [0.05, 0.1) is 27.8 Å². The molecule has 164 valence electrons. The lowest BCUT2D eigenvalue weighted by Gasteiger charge is -2.31. The summed E-state index contributed by atoms with van der Waals surface area (Å²) in [4.78, 5) is 32.7. The number of halogens is 1. The van der Waals surface area contributed by atoms with E-state index in [1.165, 1.54) is 4.57 Å². The van der Waals surface area contributed by atoms with Crippen LogP contribution in [0, 0.1) is 11.3 Å². The highest BCUT2D eigenvalue weighted by Gasteiger charge is 2.53. The maximum atomic E-state index is 13.7. The van der Waals surface area contributed by atoms with Crippen LogP contribution in [-0.4, -0.2) is 31.6 Å². The van der Waals surface area contributed by atoms with Gasteiger partial charge in [-0.3, -0.25) is 14.3 Å². The molecular weight excluding hydrogens is 442 g/mol. The molecule has 5 rings (SSSR count). The van der Waals surface area contributed by atoms with E-state index in [1.54, 1.807) is 54.7 Å². The number of fused-ring (bicyclic) bond motifs is 1. The van der Waals surface area contributed by atoms with Crippen LogP contribution in [0.1, 0.15) is 24.2 Å². The molecule has 33 heavy (non-hydrogen) atoms. The molecule has 1 aliphatic rings. The van der Waals surface area contributed by atoms with Crippen molar-refractivity contribution >= 4 is 40.1 Å². The smallest absolute Gasteiger partial charge is 0.267 e. The van der Waals surface area contributed by atoms with Gasteiger partial charge in [-0.1, -0.05) is 17.7 Å². The first-order chi connectivity index (χ1) is 15.9. The van der Waals surface area contributed by atoms with Crippen molar-refractivity contribution in [3.8, 4) is 11.8 Å². The van der Waals surface area contributed by atoms with Gasteiger partial charge in [-0.05, 0) is 37.1 Å². The van der Waals surface area contributed by atoms with Crippen LogP contribution in [0.25, 0.3) is 16.6 Å². The Balaban J connectivity index is 1.81. The summed E-state index contributed by atoms with van der Waals surface area (Å²) in [6, 6.07) is 10.7. The lowest BCUT2D eigenvalue weighted by Crippen LogP contribution is -2.39. The van der Waals surface area contributed by atoms with E-state index in [4.69, 9.17) is 28.1 Å². The Morgan fingerprint density at radius 1 is 1.18 bits per heavy atom. The molecule has 1 aliphatic carbocycles. The lowest BCUT2D eigenvalue weighted by molar-refractivity contribution is 0.591. The van der Waals surface area contributed by atoms with Crippen molar-refractivity contribution in [2.45, 2.75) is 18.4 Å². The molecule has 4 N–H and O–H groups in total. The third kappa shape index (κ3) is 3.13.